The van der Waals surface area contributed by atoms with Gasteiger partial charge in [0.15, 0.2) is 0 Å². The molecular formula is C16H10O8. The number of hydrogen-bond acceptors (Lipinski definition) is 4. The minimum absolute atomic E-state index is 0.0814. The number of benzene rings is 2. The topological polar surface area (TPSA) is 149 Å². The van der Waals surface area contributed by atoms with Crippen LogP contribution in [0.1, 0.15) is 41.4 Å². The first-order valence-corrected chi connectivity index (χ1v) is 6.45. The standard InChI is InChI=1S/C16H10O8/c17-13(18)8-6-9(14(19)20)12(16(23)24)10(11(8)15(21)22)7-4-2-1-3-5-7/h1-6H,(H,17,18)(H,19,20)(H,21,22)(H,23,24). The summed E-state index contributed by atoms with van der Waals surface area (Å²) in [6.45, 7) is 0. The van der Waals surface area contributed by atoms with Crippen molar-refractivity contribution >= 4 is 23.9 Å². The molecule has 8 nitrogen and oxygen atoms in total. The maximum absolute atomic E-state index is 11.6. The van der Waals surface area contributed by atoms with Crippen LogP contribution >= 0.6 is 0 Å². The summed E-state index contributed by atoms with van der Waals surface area (Å²) in [6.07, 6.45) is 0. The van der Waals surface area contributed by atoms with Gasteiger partial charge in [-0.2, -0.15) is 0 Å². The number of carboxylic acids is 4. The van der Waals surface area contributed by atoms with Gasteiger partial charge in [-0.1, -0.05) is 30.3 Å². The van der Waals surface area contributed by atoms with Gasteiger partial charge in [0.1, 0.15) is 0 Å². The summed E-state index contributed by atoms with van der Waals surface area (Å²) in [5, 5.41) is 37.2. The predicted molar refractivity (Wildman–Crippen MR) is 79.7 cm³/mol. The summed E-state index contributed by atoms with van der Waals surface area (Å²) in [4.78, 5) is 45.9. The number of carboxylic acid groups (broad SMARTS) is 4. The van der Waals surface area contributed by atoms with E-state index < -0.39 is 51.7 Å². The van der Waals surface area contributed by atoms with Gasteiger partial charge >= 0.3 is 23.9 Å². The molecule has 0 saturated heterocycles. The quantitative estimate of drug-likeness (QED) is 0.651. The van der Waals surface area contributed by atoms with Crippen molar-refractivity contribution < 1.29 is 39.6 Å². The number of carbonyl (C=O) groups is 4. The van der Waals surface area contributed by atoms with Crippen molar-refractivity contribution in [2.45, 2.75) is 0 Å². The third kappa shape index (κ3) is 2.80. The van der Waals surface area contributed by atoms with Gasteiger partial charge in [-0.15, -0.1) is 0 Å². The molecule has 0 fully saturated rings. The predicted octanol–water partition coefficient (Wildman–Crippen LogP) is 2.15. The molecule has 0 radical (unpaired) electrons. The Morgan fingerprint density at radius 1 is 0.625 bits per heavy atom. The normalized spacial score (nSPS) is 10.2. The maximum Gasteiger partial charge on any atom is 0.337 e. The Balaban J connectivity index is 3.11. The minimum Gasteiger partial charge on any atom is -0.478 e. The van der Waals surface area contributed by atoms with Crippen LogP contribution in [0.3, 0.4) is 0 Å². The van der Waals surface area contributed by atoms with Crippen LogP contribution in [0.25, 0.3) is 11.1 Å². The van der Waals surface area contributed by atoms with Crippen LogP contribution < -0.4 is 0 Å². The Hall–Kier alpha value is -3.68. The first-order valence-electron chi connectivity index (χ1n) is 6.45. The molecule has 0 aliphatic heterocycles. The summed E-state index contributed by atoms with van der Waals surface area (Å²) < 4.78 is 0. The zero-order valence-corrected chi connectivity index (χ0v) is 11.9. The van der Waals surface area contributed by atoms with E-state index in [0.29, 0.717) is 6.07 Å². The fraction of sp³-hybridized carbons (Fsp3) is 0. The molecular weight excluding hydrogens is 320 g/mol. The maximum atomic E-state index is 11.6. The molecule has 122 valence electrons. The lowest BCUT2D eigenvalue weighted by molar-refractivity contribution is 0.0638. The second kappa shape index (κ2) is 6.21. The van der Waals surface area contributed by atoms with Gasteiger partial charge in [-0.25, -0.2) is 19.2 Å². The van der Waals surface area contributed by atoms with Crippen LogP contribution in [-0.4, -0.2) is 44.3 Å². The fourth-order valence-corrected chi connectivity index (χ4v) is 2.36. The van der Waals surface area contributed by atoms with Gasteiger partial charge in [-0.3, -0.25) is 0 Å². The van der Waals surface area contributed by atoms with Crippen molar-refractivity contribution in [2.24, 2.45) is 0 Å². The molecule has 0 atom stereocenters. The monoisotopic (exact) mass is 330 g/mol. The fourth-order valence-electron chi connectivity index (χ4n) is 2.36. The second-order valence-corrected chi connectivity index (χ2v) is 4.68. The molecule has 2 aromatic rings. The third-order valence-electron chi connectivity index (χ3n) is 3.28. The SMILES string of the molecule is O=C(O)c1cc(C(=O)O)c(C(=O)O)c(-c2ccccc2)c1C(=O)O. The lowest BCUT2D eigenvalue weighted by Crippen LogP contribution is -2.18. The van der Waals surface area contributed by atoms with E-state index in [0.717, 1.165) is 0 Å². The van der Waals surface area contributed by atoms with E-state index in [4.69, 9.17) is 0 Å². The van der Waals surface area contributed by atoms with Crippen LogP contribution in [0.2, 0.25) is 0 Å². The first-order chi connectivity index (χ1) is 11.3. The molecule has 0 unspecified atom stereocenters. The molecule has 0 aliphatic rings. The summed E-state index contributed by atoms with van der Waals surface area (Å²) in [5.74, 6) is -6.70. The smallest absolute Gasteiger partial charge is 0.337 e. The molecule has 0 aliphatic carbocycles. The third-order valence-corrected chi connectivity index (χ3v) is 3.28. The average molecular weight is 330 g/mol. The van der Waals surface area contributed by atoms with Crippen molar-refractivity contribution in [2.75, 3.05) is 0 Å². The van der Waals surface area contributed by atoms with Crippen LogP contribution in [0.15, 0.2) is 36.4 Å². The molecule has 0 aromatic heterocycles. The Morgan fingerprint density at radius 3 is 1.38 bits per heavy atom. The molecule has 0 heterocycles. The molecule has 8 heteroatoms. The van der Waals surface area contributed by atoms with E-state index in [1.54, 1.807) is 6.07 Å². The van der Waals surface area contributed by atoms with Crippen molar-refractivity contribution in [3.05, 3.63) is 58.7 Å². The Morgan fingerprint density at radius 2 is 1.04 bits per heavy atom. The van der Waals surface area contributed by atoms with E-state index in [1.807, 2.05) is 0 Å². The number of aromatic carboxylic acids is 4. The van der Waals surface area contributed by atoms with Gasteiger partial charge in [0, 0.05) is 5.56 Å². The molecule has 4 N–H and O–H groups in total. The van der Waals surface area contributed by atoms with Crippen LogP contribution in [0.5, 0.6) is 0 Å². The van der Waals surface area contributed by atoms with Crippen LogP contribution in [-0.2, 0) is 0 Å². The average Bonchev–Trinajstić information content (AvgIpc) is 2.52. The van der Waals surface area contributed by atoms with Gasteiger partial charge in [-0.05, 0) is 11.6 Å². The highest BCUT2D eigenvalue weighted by Gasteiger charge is 2.31. The summed E-state index contributed by atoms with van der Waals surface area (Å²) in [6, 6.07) is 7.84. The van der Waals surface area contributed by atoms with Crippen molar-refractivity contribution in [1.29, 1.82) is 0 Å². The number of hydrogen-bond donors (Lipinski definition) is 4. The molecule has 0 bridgehead atoms. The highest BCUT2D eigenvalue weighted by molar-refractivity contribution is 6.15. The van der Waals surface area contributed by atoms with E-state index >= 15 is 0 Å². The zero-order valence-electron chi connectivity index (χ0n) is 11.9. The van der Waals surface area contributed by atoms with Crippen molar-refractivity contribution in [3.63, 3.8) is 0 Å². The lowest BCUT2D eigenvalue weighted by Gasteiger charge is -2.15. The molecule has 24 heavy (non-hydrogen) atoms. The summed E-state index contributed by atoms with van der Waals surface area (Å²) >= 11 is 0. The van der Waals surface area contributed by atoms with Gasteiger partial charge in [0.05, 0.1) is 22.3 Å². The van der Waals surface area contributed by atoms with E-state index in [-0.39, 0.29) is 5.56 Å². The van der Waals surface area contributed by atoms with Gasteiger partial charge in [0.2, 0.25) is 0 Å². The van der Waals surface area contributed by atoms with Crippen LogP contribution in [0.4, 0.5) is 0 Å². The molecule has 2 rings (SSSR count). The second-order valence-electron chi connectivity index (χ2n) is 4.68. The Labute approximate surface area is 134 Å². The molecule has 0 spiro atoms. The molecule has 0 amide bonds. The minimum atomic E-state index is -1.68. The molecule has 2 aromatic carbocycles. The van der Waals surface area contributed by atoms with Gasteiger partial charge in [0.25, 0.3) is 0 Å². The summed E-state index contributed by atoms with van der Waals surface area (Å²) in [7, 11) is 0. The van der Waals surface area contributed by atoms with Gasteiger partial charge < -0.3 is 20.4 Å². The van der Waals surface area contributed by atoms with E-state index in [2.05, 4.69) is 0 Å². The van der Waals surface area contributed by atoms with E-state index in [9.17, 15) is 39.6 Å². The van der Waals surface area contributed by atoms with Crippen LogP contribution in [0, 0.1) is 0 Å². The van der Waals surface area contributed by atoms with Crippen molar-refractivity contribution in [3.8, 4) is 11.1 Å². The largest absolute Gasteiger partial charge is 0.478 e. The highest BCUT2D eigenvalue weighted by atomic mass is 16.4. The van der Waals surface area contributed by atoms with E-state index in [1.165, 1.54) is 24.3 Å². The Bertz CT molecular complexity index is 817. The first kappa shape index (κ1) is 16.7. The zero-order chi connectivity index (χ0) is 18.0. The van der Waals surface area contributed by atoms with Crippen molar-refractivity contribution in [1.82, 2.24) is 0 Å². The molecule has 0 saturated carbocycles. The lowest BCUT2D eigenvalue weighted by atomic mass is 9.87. The highest BCUT2D eigenvalue weighted by Crippen LogP contribution is 2.33. The number of rotatable bonds is 5. The summed E-state index contributed by atoms with van der Waals surface area (Å²) in [5.41, 5.74) is -3.55. The Kier molecular flexibility index (Phi) is 4.32.